The molecule has 0 aliphatic heterocycles. The zero-order valence-electron chi connectivity index (χ0n) is 14.5. The van der Waals surface area contributed by atoms with Crippen molar-refractivity contribution in [3.05, 3.63) is 53.5 Å². The van der Waals surface area contributed by atoms with Crippen molar-refractivity contribution in [3.8, 4) is 0 Å². The minimum absolute atomic E-state index is 0.280. The van der Waals surface area contributed by atoms with Crippen molar-refractivity contribution in [1.29, 1.82) is 0 Å². The van der Waals surface area contributed by atoms with Crippen LogP contribution in [0.4, 0.5) is 0 Å². The van der Waals surface area contributed by atoms with E-state index in [4.69, 9.17) is 11.1 Å². The number of hydrogen-bond donors (Lipinski definition) is 0. The topological polar surface area (TPSA) is 142 Å². The van der Waals surface area contributed by atoms with Crippen molar-refractivity contribution in [2.24, 2.45) is 10.2 Å². The zero-order valence-corrected chi connectivity index (χ0v) is 14.5. The first-order valence-electron chi connectivity index (χ1n) is 8.44. The van der Waals surface area contributed by atoms with Crippen molar-refractivity contribution >= 4 is 0 Å². The molecule has 0 bridgehead atoms. The van der Waals surface area contributed by atoms with Crippen LogP contribution in [0.5, 0.6) is 0 Å². The van der Waals surface area contributed by atoms with Gasteiger partial charge in [0.05, 0.1) is 0 Å². The van der Waals surface area contributed by atoms with Crippen LogP contribution in [0.1, 0.15) is 44.2 Å². The molecule has 0 saturated carbocycles. The summed E-state index contributed by atoms with van der Waals surface area (Å²) in [6, 6.07) is 1.49. The summed E-state index contributed by atoms with van der Waals surface area (Å²) in [4.78, 5) is 30.0. The van der Waals surface area contributed by atoms with Gasteiger partial charge in [-0.2, -0.15) is 0 Å². The first-order chi connectivity index (χ1) is 12.1. The van der Waals surface area contributed by atoms with Crippen LogP contribution in [-0.4, -0.2) is 22.2 Å². The van der Waals surface area contributed by atoms with Crippen molar-refractivity contribution in [2.75, 3.05) is 13.1 Å². The summed E-state index contributed by atoms with van der Waals surface area (Å²) in [7, 11) is 0. The largest absolute Gasteiger partial charge is 0.331 e. The molecule has 136 valence electrons. The highest BCUT2D eigenvalue weighted by Crippen LogP contribution is 2.01. The molecule has 0 atom stereocenters. The molecular weight excluding hydrogens is 324 g/mol. The van der Waals surface area contributed by atoms with E-state index >= 15 is 0 Å². The third-order valence-electron chi connectivity index (χ3n) is 3.89. The molecule has 0 fully saturated rings. The average molecular weight is 348 g/mol. The standard InChI is InChI=1S/C15H24N8O2/c1-13-12-14(24)23(11-7-3-5-9-19-21-17)15(25)22(13)10-6-2-4-8-18-20-16/h12H,2-11H2,1H3. The van der Waals surface area contributed by atoms with E-state index in [-0.39, 0.29) is 11.2 Å². The minimum Gasteiger partial charge on any atom is -0.298 e. The maximum atomic E-state index is 12.5. The SMILES string of the molecule is Cc1cc(=O)n(CCCCCN=[N+]=[N-])c(=O)n1CCCCCN=[N+]=[N-]. The van der Waals surface area contributed by atoms with Crippen LogP contribution in [0.25, 0.3) is 20.9 Å². The molecule has 0 aliphatic rings. The first-order valence-corrected chi connectivity index (χ1v) is 8.44. The van der Waals surface area contributed by atoms with Gasteiger partial charge >= 0.3 is 5.69 Å². The quantitative estimate of drug-likeness (QED) is 0.247. The maximum Gasteiger partial charge on any atom is 0.331 e. The first kappa shape index (κ1) is 20.3. The Morgan fingerprint density at radius 2 is 1.40 bits per heavy atom. The second kappa shape index (κ2) is 11.8. The van der Waals surface area contributed by atoms with Gasteiger partial charge in [0.1, 0.15) is 0 Å². The number of nitrogens with zero attached hydrogens (tertiary/aromatic N) is 8. The normalized spacial score (nSPS) is 10.1. The molecule has 0 aromatic carbocycles. The lowest BCUT2D eigenvalue weighted by molar-refractivity contribution is 0.492. The molecule has 0 amide bonds. The van der Waals surface area contributed by atoms with Gasteiger partial charge in [-0.1, -0.05) is 23.1 Å². The summed E-state index contributed by atoms with van der Waals surface area (Å²) in [6.45, 7) is 3.55. The van der Waals surface area contributed by atoms with Crippen LogP contribution in [0, 0.1) is 6.92 Å². The molecule has 0 radical (unpaired) electrons. The molecule has 0 unspecified atom stereocenters. The lowest BCUT2D eigenvalue weighted by Gasteiger charge is -2.13. The molecule has 0 aliphatic carbocycles. The highest BCUT2D eigenvalue weighted by molar-refractivity contribution is 5.00. The summed E-state index contributed by atoms with van der Waals surface area (Å²) < 4.78 is 2.88. The molecule has 1 rings (SSSR count). The fraction of sp³-hybridized carbons (Fsp3) is 0.733. The Morgan fingerprint density at radius 1 is 0.880 bits per heavy atom. The number of unbranched alkanes of at least 4 members (excludes halogenated alkanes) is 4. The molecule has 0 N–H and O–H groups in total. The number of hydrogen-bond acceptors (Lipinski definition) is 4. The Bertz CT molecular complexity index is 754. The van der Waals surface area contributed by atoms with E-state index in [0.717, 1.165) is 32.1 Å². The third-order valence-corrected chi connectivity index (χ3v) is 3.89. The van der Waals surface area contributed by atoms with E-state index in [1.807, 2.05) is 0 Å². The molecule has 0 spiro atoms. The van der Waals surface area contributed by atoms with Crippen LogP contribution in [0.15, 0.2) is 25.9 Å². The molecule has 25 heavy (non-hydrogen) atoms. The Hall–Kier alpha value is -2.70. The summed E-state index contributed by atoms with van der Waals surface area (Å²) in [5.41, 5.74) is 16.5. The summed E-state index contributed by atoms with van der Waals surface area (Å²) in [5, 5.41) is 6.94. The van der Waals surface area contributed by atoms with Gasteiger partial charge in [-0.3, -0.25) is 13.9 Å². The fourth-order valence-corrected chi connectivity index (χ4v) is 2.55. The van der Waals surface area contributed by atoms with Crippen molar-refractivity contribution in [3.63, 3.8) is 0 Å². The smallest absolute Gasteiger partial charge is 0.298 e. The van der Waals surface area contributed by atoms with Gasteiger partial charge in [-0.05, 0) is 43.7 Å². The second-order valence-corrected chi connectivity index (χ2v) is 5.74. The lowest BCUT2D eigenvalue weighted by Crippen LogP contribution is -2.40. The van der Waals surface area contributed by atoms with E-state index in [9.17, 15) is 9.59 Å². The van der Waals surface area contributed by atoms with Crippen molar-refractivity contribution in [2.45, 2.75) is 58.5 Å². The number of azide groups is 2. The molecule has 1 aromatic rings. The Morgan fingerprint density at radius 3 is 1.92 bits per heavy atom. The van der Waals surface area contributed by atoms with Crippen molar-refractivity contribution < 1.29 is 0 Å². The number of aryl methyl sites for hydroxylation is 1. The maximum absolute atomic E-state index is 12.5. The van der Waals surface area contributed by atoms with Crippen LogP contribution in [0.2, 0.25) is 0 Å². The monoisotopic (exact) mass is 348 g/mol. The molecule has 1 aromatic heterocycles. The van der Waals surface area contributed by atoms with Gasteiger partial charge in [0.2, 0.25) is 0 Å². The molecule has 1 heterocycles. The van der Waals surface area contributed by atoms with Gasteiger partial charge in [0, 0.05) is 47.8 Å². The predicted molar refractivity (Wildman–Crippen MR) is 95.4 cm³/mol. The Balaban J connectivity index is 2.64. The van der Waals surface area contributed by atoms with Crippen LogP contribution in [0.3, 0.4) is 0 Å². The van der Waals surface area contributed by atoms with Crippen molar-refractivity contribution in [1.82, 2.24) is 9.13 Å². The van der Waals surface area contributed by atoms with E-state index in [0.29, 0.717) is 38.3 Å². The van der Waals surface area contributed by atoms with E-state index in [2.05, 4.69) is 20.1 Å². The van der Waals surface area contributed by atoms with Crippen LogP contribution >= 0.6 is 0 Å². The zero-order chi connectivity index (χ0) is 18.5. The average Bonchev–Trinajstić information content (AvgIpc) is 2.58. The second-order valence-electron chi connectivity index (χ2n) is 5.74. The van der Waals surface area contributed by atoms with Crippen LogP contribution < -0.4 is 11.2 Å². The summed E-state index contributed by atoms with van der Waals surface area (Å²) >= 11 is 0. The Kier molecular flexibility index (Phi) is 9.58. The Labute approximate surface area is 145 Å². The van der Waals surface area contributed by atoms with Crippen LogP contribution in [-0.2, 0) is 13.1 Å². The lowest BCUT2D eigenvalue weighted by atomic mass is 10.2. The van der Waals surface area contributed by atoms with Gasteiger partial charge in [0.25, 0.3) is 5.56 Å². The third kappa shape index (κ3) is 7.15. The van der Waals surface area contributed by atoms with E-state index in [1.54, 1.807) is 11.5 Å². The highest BCUT2D eigenvalue weighted by Gasteiger charge is 2.08. The molecular formula is C15H24N8O2. The molecule has 0 saturated heterocycles. The number of aromatic nitrogens is 2. The van der Waals surface area contributed by atoms with Gasteiger partial charge in [0.15, 0.2) is 0 Å². The molecule has 10 heteroatoms. The predicted octanol–water partition coefficient (Wildman–Crippen LogP) is 3.28. The highest BCUT2D eigenvalue weighted by atomic mass is 16.2. The fourth-order valence-electron chi connectivity index (χ4n) is 2.55. The molecule has 10 nitrogen and oxygen atoms in total. The van der Waals surface area contributed by atoms with E-state index in [1.165, 1.54) is 10.6 Å². The van der Waals surface area contributed by atoms with Gasteiger partial charge in [-0.15, -0.1) is 0 Å². The van der Waals surface area contributed by atoms with E-state index < -0.39 is 0 Å². The minimum atomic E-state index is -0.282. The van der Waals surface area contributed by atoms with Gasteiger partial charge in [-0.25, -0.2) is 4.79 Å². The summed E-state index contributed by atoms with van der Waals surface area (Å²) in [6.07, 6.45) is 4.63. The van der Waals surface area contributed by atoms with Gasteiger partial charge < -0.3 is 0 Å². The summed E-state index contributed by atoms with van der Waals surface area (Å²) in [5.74, 6) is 0. The number of rotatable bonds is 12.